The van der Waals surface area contributed by atoms with Gasteiger partial charge in [-0.15, -0.1) is 0 Å². The van der Waals surface area contributed by atoms with Crippen molar-refractivity contribution in [3.05, 3.63) is 64.8 Å². The molecule has 1 amide bonds. The van der Waals surface area contributed by atoms with Gasteiger partial charge in [0, 0.05) is 37.0 Å². The van der Waals surface area contributed by atoms with Crippen molar-refractivity contribution in [1.29, 1.82) is 0 Å². The van der Waals surface area contributed by atoms with Crippen LogP contribution in [0.1, 0.15) is 22.4 Å². The molecule has 31 heavy (non-hydrogen) atoms. The molecule has 2 aromatic carbocycles. The number of anilines is 1. The van der Waals surface area contributed by atoms with Crippen LogP contribution in [-0.2, 0) is 11.2 Å². The van der Waals surface area contributed by atoms with Crippen LogP contribution in [0.15, 0.2) is 47.0 Å². The van der Waals surface area contributed by atoms with Crippen LogP contribution in [0.4, 0.5) is 5.82 Å². The zero-order valence-electron chi connectivity index (χ0n) is 18.2. The van der Waals surface area contributed by atoms with Crippen molar-refractivity contribution in [1.82, 2.24) is 15.0 Å². The summed E-state index contributed by atoms with van der Waals surface area (Å²) in [7, 11) is 0. The molecule has 5 rings (SSSR count). The van der Waals surface area contributed by atoms with Gasteiger partial charge in [-0.25, -0.2) is 4.98 Å². The second-order valence-corrected chi connectivity index (χ2v) is 8.42. The van der Waals surface area contributed by atoms with Crippen molar-refractivity contribution < 1.29 is 9.32 Å². The number of amides is 1. The van der Waals surface area contributed by atoms with E-state index in [4.69, 9.17) is 9.51 Å². The molecular weight excluding hydrogens is 388 g/mol. The van der Waals surface area contributed by atoms with Crippen molar-refractivity contribution in [2.75, 3.05) is 31.1 Å². The topological polar surface area (TPSA) is 62.5 Å². The first-order valence-electron chi connectivity index (χ1n) is 10.7. The molecule has 0 aliphatic carbocycles. The Kier molecular flexibility index (Phi) is 4.85. The van der Waals surface area contributed by atoms with Crippen LogP contribution in [0.2, 0.25) is 0 Å². The number of benzene rings is 2. The van der Waals surface area contributed by atoms with Gasteiger partial charge in [0.15, 0.2) is 5.58 Å². The smallest absolute Gasteiger partial charge is 0.228 e. The molecule has 1 fully saturated rings. The van der Waals surface area contributed by atoms with Gasteiger partial charge in [-0.2, -0.15) is 0 Å². The zero-order chi connectivity index (χ0) is 21.5. The number of aromatic nitrogens is 2. The highest BCUT2D eigenvalue weighted by Crippen LogP contribution is 2.25. The van der Waals surface area contributed by atoms with Crippen molar-refractivity contribution in [2.45, 2.75) is 27.2 Å². The summed E-state index contributed by atoms with van der Waals surface area (Å²) in [5.41, 5.74) is 6.04. The minimum atomic E-state index is 0.0933. The van der Waals surface area contributed by atoms with E-state index in [1.807, 2.05) is 30.0 Å². The number of hydrogen-bond acceptors (Lipinski definition) is 5. The summed E-state index contributed by atoms with van der Waals surface area (Å²) in [6.07, 6.45) is 0.267. The van der Waals surface area contributed by atoms with Crippen LogP contribution >= 0.6 is 0 Å². The van der Waals surface area contributed by atoms with Crippen LogP contribution in [0.25, 0.3) is 21.9 Å². The Labute approximate surface area is 181 Å². The number of fused-ring (bicyclic) bond motifs is 2. The van der Waals surface area contributed by atoms with Crippen molar-refractivity contribution in [2.24, 2.45) is 0 Å². The largest absolute Gasteiger partial charge is 0.356 e. The van der Waals surface area contributed by atoms with Gasteiger partial charge in [-0.1, -0.05) is 23.4 Å². The van der Waals surface area contributed by atoms with Crippen molar-refractivity contribution in [3.8, 4) is 0 Å². The van der Waals surface area contributed by atoms with Gasteiger partial charge in [0.25, 0.3) is 0 Å². The van der Waals surface area contributed by atoms with Crippen LogP contribution in [-0.4, -0.2) is 47.1 Å². The van der Waals surface area contributed by atoms with E-state index >= 15 is 0 Å². The van der Waals surface area contributed by atoms with E-state index in [9.17, 15) is 4.79 Å². The summed E-state index contributed by atoms with van der Waals surface area (Å²) in [6.45, 7) is 9.14. The van der Waals surface area contributed by atoms with Gasteiger partial charge in [-0.05, 0) is 61.7 Å². The molecule has 0 spiro atoms. The molecule has 1 aliphatic rings. The molecule has 6 nitrogen and oxygen atoms in total. The maximum atomic E-state index is 12.9. The number of nitrogens with zero attached hydrogens (tertiary/aromatic N) is 4. The molecule has 6 heteroatoms. The van der Waals surface area contributed by atoms with E-state index < -0.39 is 0 Å². The highest BCUT2D eigenvalue weighted by atomic mass is 16.5. The predicted molar refractivity (Wildman–Crippen MR) is 122 cm³/mol. The zero-order valence-corrected chi connectivity index (χ0v) is 18.2. The summed E-state index contributed by atoms with van der Waals surface area (Å²) in [5.74, 6) is 1.08. The van der Waals surface area contributed by atoms with Gasteiger partial charge in [0.1, 0.15) is 11.5 Å². The van der Waals surface area contributed by atoms with E-state index in [1.165, 1.54) is 16.5 Å². The number of aryl methyl sites for hydroxylation is 3. The molecule has 1 aliphatic heterocycles. The number of rotatable bonds is 3. The lowest BCUT2D eigenvalue weighted by Gasteiger charge is -2.35. The second-order valence-electron chi connectivity index (χ2n) is 8.42. The van der Waals surface area contributed by atoms with Gasteiger partial charge in [0.05, 0.1) is 11.9 Å². The number of para-hydroxylation sites is 1. The van der Waals surface area contributed by atoms with Crippen molar-refractivity contribution >= 4 is 33.6 Å². The lowest BCUT2D eigenvalue weighted by Crippen LogP contribution is -2.49. The van der Waals surface area contributed by atoms with Crippen LogP contribution in [0.5, 0.6) is 0 Å². The average molecular weight is 415 g/mol. The quantitative estimate of drug-likeness (QED) is 0.503. The van der Waals surface area contributed by atoms with E-state index in [2.05, 4.69) is 48.2 Å². The SMILES string of the molecule is Cc1cc2onc(CC(=O)N3CCN(c4cc(C)c5ccccc5n4)CC3)c2cc1C. The number of carbonyl (C=O) groups excluding carboxylic acids is 1. The maximum Gasteiger partial charge on any atom is 0.228 e. The fourth-order valence-electron chi connectivity index (χ4n) is 4.31. The molecular formula is C25H26N4O2. The monoisotopic (exact) mass is 414 g/mol. The molecule has 2 aromatic heterocycles. The molecule has 4 aromatic rings. The molecule has 0 bridgehead atoms. The fraction of sp³-hybridized carbons (Fsp3) is 0.320. The Morgan fingerprint density at radius 3 is 2.48 bits per heavy atom. The van der Waals surface area contributed by atoms with Crippen LogP contribution < -0.4 is 4.90 Å². The summed E-state index contributed by atoms with van der Waals surface area (Å²) < 4.78 is 5.46. The van der Waals surface area contributed by atoms with Crippen LogP contribution in [0.3, 0.4) is 0 Å². The predicted octanol–water partition coefficient (Wildman–Crippen LogP) is 4.19. The molecule has 0 radical (unpaired) electrons. The van der Waals surface area contributed by atoms with Gasteiger partial charge >= 0.3 is 0 Å². The first-order chi connectivity index (χ1) is 15.0. The first kappa shape index (κ1) is 19.5. The summed E-state index contributed by atoms with van der Waals surface area (Å²) in [6, 6.07) is 14.4. The third kappa shape index (κ3) is 3.63. The van der Waals surface area contributed by atoms with Gasteiger partial charge < -0.3 is 14.3 Å². The Hall–Kier alpha value is -3.41. The molecule has 0 saturated carbocycles. The number of carbonyl (C=O) groups is 1. The maximum absolute atomic E-state index is 12.9. The minimum absolute atomic E-state index is 0.0933. The van der Waals surface area contributed by atoms with E-state index in [1.54, 1.807) is 0 Å². The lowest BCUT2D eigenvalue weighted by atomic mass is 10.1. The third-order valence-corrected chi connectivity index (χ3v) is 6.35. The van der Waals surface area contributed by atoms with Gasteiger partial charge in [0.2, 0.25) is 5.91 Å². The first-order valence-corrected chi connectivity index (χ1v) is 10.7. The van der Waals surface area contributed by atoms with Crippen molar-refractivity contribution in [3.63, 3.8) is 0 Å². The Morgan fingerprint density at radius 2 is 1.68 bits per heavy atom. The Bertz CT molecular complexity index is 1290. The second kappa shape index (κ2) is 7.69. The molecule has 158 valence electrons. The summed E-state index contributed by atoms with van der Waals surface area (Å²) in [5, 5.41) is 6.29. The van der Waals surface area contributed by atoms with E-state index in [0.717, 1.165) is 46.7 Å². The molecule has 3 heterocycles. The number of piperazine rings is 1. The fourth-order valence-corrected chi connectivity index (χ4v) is 4.31. The van der Waals surface area contributed by atoms with Crippen LogP contribution in [0, 0.1) is 20.8 Å². The molecule has 0 unspecified atom stereocenters. The lowest BCUT2D eigenvalue weighted by molar-refractivity contribution is -0.130. The number of hydrogen-bond donors (Lipinski definition) is 0. The minimum Gasteiger partial charge on any atom is -0.356 e. The standard InChI is InChI=1S/C25H26N4O2/c1-16-12-20-22(27-31-23(20)13-17(16)2)15-25(30)29-10-8-28(9-11-29)24-14-18(3)19-6-4-5-7-21(19)26-24/h4-7,12-14H,8-11,15H2,1-3H3. The highest BCUT2D eigenvalue weighted by molar-refractivity contribution is 5.87. The summed E-state index contributed by atoms with van der Waals surface area (Å²) in [4.78, 5) is 22.0. The highest BCUT2D eigenvalue weighted by Gasteiger charge is 2.24. The Morgan fingerprint density at radius 1 is 0.935 bits per heavy atom. The van der Waals surface area contributed by atoms with E-state index in [-0.39, 0.29) is 12.3 Å². The third-order valence-electron chi connectivity index (χ3n) is 6.35. The van der Waals surface area contributed by atoms with Gasteiger partial charge in [-0.3, -0.25) is 4.79 Å². The number of pyridine rings is 1. The van der Waals surface area contributed by atoms with E-state index in [0.29, 0.717) is 13.1 Å². The molecule has 0 atom stereocenters. The normalized spacial score (nSPS) is 14.5. The molecule has 0 N–H and O–H groups in total. The average Bonchev–Trinajstić information content (AvgIpc) is 3.15. The summed E-state index contributed by atoms with van der Waals surface area (Å²) >= 11 is 0. The molecule has 1 saturated heterocycles. The Balaban J connectivity index is 1.28.